The third-order valence-electron chi connectivity index (χ3n) is 5.85. The van der Waals surface area contributed by atoms with Crippen LogP contribution in [0.25, 0.3) is 16.3 Å². The summed E-state index contributed by atoms with van der Waals surface area (Å²) < 4.78 is 5.22. The van der Waals surface area contributed by atoms with Gasteiger partial charge in [0.05, 0.1) is 23.4 Å². The van der Waals surface area contributed by atoms with Crippen LogP contribution in [0.2, 0.25) is 5.02 Å². The minimum absolute atomic E-state index is 0.197. The quantitative estimate of drug-likeness (QED) is 0.354. The predicted molar refractivity (Wildman–Crippen MR) is 136 cm³/mol. The highest BCUT2D eigenvalue weighted by atomic mass is 35.5. The Bertz CT molecular complexity index is 1470. The SMILES string of the molecule is COc1ccc(NC2=C(c3ccc(C)cc3)C(=O)N(c3cccc4ccccc34)C2=O)cc1Cl. The van der Waals surface area contributed by atoms with Crippen molar-refractivity contribution < 1.29 is 14.3 Å². The van der Waals surface area contributed by atoms with Crippen molar-refractivity contribution in [1.82, 2.24) is 0 Å². The zero-order chi connectivity index (χ0) is 23.8. The summed E-state index contributed by atoms with van der Waals surface area (Å²) in [4.78, 5) is 28.8. The second-order valence-corrected chi connectivity index (χ2v) is 8.44. The number of anilines is 2. The van der Waals surface area contributed by atoms with Gasteiger partial charge in [0, 0.05) is 11.1 Å². The Morgan fingerprint density at radius 2 is 1.59 bits per heavy atom. The maximum Gasteiger partial charge on any atom is 0.282 e. The van der Waals surface area contributed by atoms with Crippen LogP contribution in [-0.4, -0.2) is 18.9 Å². The number of methoxy groups -OCH3 is 1. The smallest absolute Gasteiger partial charge is 0.282 e. The van der Waals surface area contributed by atoms with E-state index in [9.17, 15) is 9.59 Å². The number of fused-ring (bicyclic) bond motifs is 1. The molecule has 1 N–H and O–H groups in total. The molecule has 0 spiro atoms. The van der Waals surface area contributed by atoms with Crippen LogP contribution >= 0.6 is 11.6 Å². The molecule has 0 saturated carbocycles. The zero-order valence-corrected chi connectivity index (χ0v) is 19.4. The summed E-state index contributed by atoms with van der Waals surface area (Å²) in [6.45, 7) is 1.97. The molecule has 2 amide bonds. The number of amides is 2. The van der Waals surface area contributed by atoms with Gasteiger partial charge in [-0.3, -0.25) is 9.59 Å². The van der Waals surface area contributed by atoms with E-state index in [4.69, 9.17) is 16.3 Å². The van der Waals surface area contributed by atoms with Gasteiger partial charge in [0.1, 0.15) is 11.4 Å². The lowest BCUT2D eigenvalue weighted by Gasteiger charge is -2.18. The molecule has 34 heavy (non-hydrogen) atoms. The third-order valence-corrected chi connectivity index (χ3v) is 6.15. The van der Waals surface area contributed by atoms with Gasteiger partial charge >= 0.3 is 0 Å². The third kappa shape index (κ3) is 3.70. The Morgan fingerprint density at radius 1 is 0.853 bits per heavy atom. The first-order chi connectivity index (χ1) is 16.5. The molecule has 0 aliphatic carbocycles. The van der Waals surface area contributed by atoms with E-state index >= 15 is 0 Å². The van der Waals surface area contributed by atoms with Crippen LogP contribution in [0.4, 0.5) is 11.4 Å². The fourth-order valence-corrected chi connectivity index (χ4v) is 4.40. The van der Waals surface area contributed by atoms with Gasteiger partial charge in [0.2, 0.25) is 0 Å². The van der Waals surface area contributed by atoms with E-state index in [1.165, 1.54) is 12.0 Å². The van der Waals surface area contributed by atoms with Gasteiger partial charge < -0.3 is 10.1 Å². The largest absolute Gasteiger partial charge is 0.495 e. The van der Waals surface area contributed by atoms with Crippen molar-refractivity contribution in [3.63, 3.8) is 0 Å². The molecular weight excluding hydrogens is 448 g/mol. The number of imide groups is 1. The average Bonchev–Trinajstić information content (AvgIpc) is 3.08. The fourth-order valence-electron chi connectivity index (χ4n) is 4.14. The number of nitrogens with one attached hydrogen (secondary N) is 1. The number of carbonyl (C=O) groups is 2. The summed E-state index contributed by atoms with van der Waals surface area (Å²) in [7, 11) is 1.54. The molecule has 6 heteroatoms. The minimum atomic E-state index is -0.427. The van der Waals surface area contributed by atoms with Crippen molar-refractivity contribution in [3.05, 3.63) is 107 Å². The standard InChI is InChI=1S/C28H21ClN2O3/c1-17-10-12-19(13-11-17)25-26(30-20-14-15-24(34-2)22(29)16-20)28(33)31(27(25)32)23-9-5-7-18-6-3-4-8-21(18)23/h3-16,30H,1-2H3. The summed E-state index contributed by atoms with van der Waals surface area (Å²) in [6, 6.07) is 25.9. The lowest BCUT2D eigenvalue weighted by molar-refractivity contribution is -0.120. The summed E-state index contributed by atoms with van der Waals surface area (Å²) in [6.07, 6.45) is 0. The van der Waals surface area contributed by atoms with E-state index in [-0.39, 0.29) is 11.6 Å². The molecule has 0 atom stereocenters. The van der Waals surface area contributed by atoms with E-state index in [1.807, 2.05) is 67.6 Å². The molecular formula is C28H21ClN2O3. The fraction of sp³-hybridized carbons (Fsp3) is 0.0714. The summed E-state index contributed by atoms with van der Waals surface area (Å²) in [5, 5.41) is 5.32. The molecule has 1 aliphatic rings. The van der Waals surface area contributed by atoms with Crippen molar-refractivity contribution in [2.75, 3.05) is 17.3 Å². The molecule has 4 aromatic carbocycles. The van der Waals surface area contributed by atoms with Crippen LogP contribution in [0.5, 0.6) is 5.75 Å². The van der Waals surface area contributed by atoms with Gasteiger partial charge in [-0.05, 0) is 42.1 Å². The predicted octanol–water partition coefficient (Wildman–Crippen LogP) is 6.21. The Hall–Kier alpha value is -4.09. The van der Waals surface area contributed by atoms with Gasteiger partial charge in [0.25, 0.3) is 11.8 Å². The van der Waals surface area contributed by atoms with Crippen LogP contribution in [0.15, 0.2) is 90.6 Å². The maximum atomic E-state index is 13.8. The Balaban J connectivity index is 1.64. The topological polar surface area (TPSA) is 58.6 Å². The molecule has 0 aromatic heterocycles. The Labute approximate surface area is 202 Å². The lowest BCUT2D eigenvalue weighted by Crippen LogP contribution is -2.32. The monoisotopic (exact) mass is 468 g/mol. The second-order valence-electron chi connectivity index (χ2n) is 8.03. The molecule has 1 heterocycles. The highest BCUT2D eigenvalue weighted by Gasteiger charge is 2.40. The highest BCUT2D eigenvalue weighted by Crippen LogP contribution is 2.37. The van der Waals surface area contributed by atoms with Crippen LogP contribution < -0.4 is 15.0 Å². The van der Waals surface area contributed by atoms with Crippen molar-refractivity contribution in [2.24, 2.45) is 0 Å². The number of halogens is 1. The van der Waals surface area contributed by atoms with E-state index in [2.05, 4.69) is 5.32 Å². The second kappa shape index (κ2) is 8.69. The highest BCUT2D eigenvalue weighted by molar-refractivity contribution is 6.47. The van der Waals surface area contributed by atoms with Crippen molar-refractivity contribution in [3.8, 4) is 5.75 Å². The van der Waals surface area contributed by atoms with Gasteiger partial charge in [0.15, 0.2) is 0 Å². The van der Waals surface area contributed by atoms with Crippen molar-refractivity contribution >= 4 is 51.1 Å². The number of nitrogens with zero attached hydrogens (tertiary/aromatic N) is 1. The van der Waals surface area contributed by atoms with Gasteiger partial charge in [-0.25, -0.2) is 4.90 Å². The van der Waals surface area contributed by atoms with Gasteiger partial charge in [-0.15, -0.1) is 0 Å². The number of rotatable bonds is 5. The first-order valence-electron chi connectivity index (χ1n) is 10.8. The van der Waals surface area contributed by atoms with Crippen LogP contribution in [0.1, 0.15) is 11.1 Å². The van der Waals surface area contributed by atoms with Crippen LogP contribution in [0, 0.1) is 6.92 Å². The Kier molecular flexibility index (Phi) is 5.56. The molecule has 168 valence electrons. The zero-order valence-electron chi connectivity index (χ0n) is 18.6. The molecule has 0 radical (unpaired) electrons. The Morgan fingerprint density at radius 3 is 2.32 bits per heavy atom. The maximum absolute atomic E-state index is 13.8. The van der Waals surface area contributed by atoms with E-state index in [0.717, 1.165) is 16.3 Å². The van der Waals surface area contributed by atoms with E-state index < -0.39 is 5.91 Å². The number of ether oxygens (including phenoxy) is 1. The molecule has 1 aliphatic heterocycles. The van der Waals surface area contributed by atoms with Crippen LogP contribution in [0.3, 0.4) is 0 Å². The van der Waals surface area contributed by atoms with Crippen molar-refractivity contribution in [1.29, 1.82) is 0 Å². The lowest BCUT2D eigenvalue weighted by atomic mass is 10.0. The summed E-state index contributed by atoms with van der Waals surface area (Å²) in [5.74, 6) is -0.289. The molecule has 0 unspecified atom stereocenters. The van der Waals surface area contributed by atoms with Gasteiger partial charge in [-0.1, -0.05) is 77.8 Å². The summed E-state index contributed by atoms with van der Waals surface area (Å²) in [5.41, 5.74) is 3.35. The number of carbonyl (C=O) groups excluding carboxylic acids is 2. The minimum Gasteiger partial charge on any atom is -0.495 e. The molecule has 5 nitrogen and oxygen atoms in total. The van der Waals surface area contributed by atoms with Crippen LogP contribution in [-0.2, 0) is 9.59 Å². The van der Waals surface area contributed by atoms with E-state index in [0.29, 0.717) is 33.3 Å². The number of hydrogen-bond donors (Lipinski definition) is 1. The molecule has 0 saturated heterocycles. The first-order valence-corrected chi connectivity index (χ1v) is 11.1. The number of hydrogen-bond acceptors (Lipinski definition) is 4. The molecule has 4 aromatic rings. The molecule has 0 fully saturated rings. The number of aryl methyl sites for hydroxylation is 1. The van der Waals surface area contributed by atoms with Gasteiger partial charge in [-0.2, -0.15) is 0 Å². The molecule has 0 bridgehead atoms. The van der Waals surface area contributed by atoms with E-state index in [1.54, 1.807) is 24.3 Å². The molecule has 5 rings (SSSR count). The normalized spacial score (nSPS) is 13.7. The summed E-state index contributed by atoms with van der Waals surface area (Å²) >= 11 is 6.30. The van der Waals surface area contributed by atoms with Crippen molar-refractivity contribution in [2.45, 2.75) is 6.92 Å². The number of benzene rings is 4. The average molecular weight is 469 g/mol. The first kappa shape index (κ1) is 21.7.